The van der Waals surface area contributed by atoms with E-state index in [1.54, 1.807) is 0 Å². The fraction of sp³-hybridized carbons (Fsp3) is 0.200. The second-order valence-electron chi connectivity index (χ2n) is 3.35. The highest BCUT2D eigenvalue weighted by molar-refractivity contribution is 7.94. The molecule has 0 aliphatic carbocycles. The summed E-state index contributed by atoms with van der Waals surface area (Å²) in [5.74, 6) is 0. The molecule has 0 aliphatic rings. The predicted octanol–water partition coefficient (Wildman–Crippen LogP) is 3.15. The molecule has 0 fully saturated rings. The molecular formula is C10H9ClN3O2S2-. The van der Waals surface area contributed by atoms with Crippen molar-refractivity contribution in [2.24, 2.45) is 0 Å². The van der Waals surface area contributed by atoms with E-state index in [-0.39, 0.29) is 10.0 Å². The van der Waals surface area contributed by atoms with Crippen LogP contribution in [0.3, 0.4) is 0 Å². The number of sulfonamides is 1. The van der Waals surface area contributed by atoms with Gasteiger partial charge in [-0.2, -0.15) is 0 Å². The Morgan fingerprint density at radius 1 is 1.28 bits per heavy atom. The molecule has 1 aromatic heterocycles. The lowest BCUT2D eigenvalue weighted by atomic mass is 10.4. The summed E-state index contributed by atoms with van der Waals surface area (Å²) in [6, 6.07) is 5.81. The summed E-state index contributed by atoms with van der Waals surface area (Å²) in [6.07, 6.45) is 0.703. The van der Waals surface area contributed by atoms with Crippen molar-refractivity contribution in [3.8, 4) is 0 Å². The maximum atomic E-state index is 11.9. The van der Waals surface area contributed by atoms with E-state index < -0.39 is 10.0 Å². The predicted molar refractivity (Wildman–Crippen MR) is 70.9 cm³/mol. The van der Waals surface area contributed by atoms with Gasteiger partial charge in [0.2, 0.25) is 10.0 Å². The second kappa shape index (κ2) is 5.21. The molecule has 96 valence electrons. The first kappa shape index (κ1) is 13.3. The molecule has 2 aromatic rings. The largest absolute Gasteiger partial charge is 0.342 e. The number of hydrogen-bond acceptors (Lipinski definition) is 5. The van der Waals surface area contributed by atoms with Crippen molar-refractivity contribution >= 4 is 38.1 Å². The SMILES string of the molecule is CCc1nnc([N-]S(=O)(=O)c2ccc(Cl)cc2)s1. The highest BCUT2D eigenvalue weighted by atomic mass is 35.5. The van der Waals surface area contributed by atoms with Gasteiger partial charge in [0.25, 0.3) is 0 Å². The summed E-state index contributed by atoms with van der Waals surface area (Å²) < 4.78 is 27.5. The molecule has 18 heavy (non-hydrogen) atoms. The topological polar surface area (TPSA) is 74.0 Å². The van der Waals surface area contributed by atoms with Crippen LogP contribution in [0.4, 0.5) is 5.13 Å². The van der Waals surface area contributed by atoms with Crippen LogP contribution < -0.4 is 0 Å². The normalized spacial score (nSPS) is 11.4. The lowest BCUT2D eigenvalue weighted by Gasteiger charge is -2.10. The molecule has 0 saturated heterocycles. The third-order valence-corrected chi connectivity index (χ3v) is 4.68. The fourth-order valence-electron chi connectivity index (χ4n) is 1.19. The zero-order valence-corrected chi connectivity index (χ0v) is 11.8. The first-order chi connectivity index (χ1) is 8.51. The van der Waals surface area contributed by atoms with E-state index in [9.17, 15) is 8.42 Å². The Morgan fingerprint density at radius 2 is 1.94 bits per heavy atom. The van der Waals surface area contributed by atoms with E-state index in [0.717, 1.165) is 16.3 Å². The second-order valence-corrected chi connectivity index (χ2v) is 6.43. The average Bonchev–Trinajstić information content (AvgIpc) is 2.76. The summed E-state index contributed by atoms with van der Waals surface area (Å²) in [5, 5.41) is 8.89. The van der Waals surface area contributed by atoms with Gasteiger partial charge in [-0.3, -0.25) is 5.10 Å². The zero-order chi connectivity index (χ0) is 13.2. The average molecular weight is 303 g/mol. The van der Waals surface area contributed by atoms with Crippen molar-refractivity contribution < 1.29 is 8.42 Å². The van der Waals surface area contributed by atoms with E-state index in [4.69, 9.17) is 11.6 Å². The van der Waals surface area contributed by atoms with Crippen molar-refractivity contribution in [3.63, 3.8) is 0 Å². The molecule has 0 atom stereocenters. The van der Waals surface area contributed by atoms with Crippen LogP contribution in [-0.4, -0.2) is 18.6 Å². The number of halogens is 1. The zero-order valence-electron chi connectivity index (χ0n) is 9.37. The van der Waals surface area contributed by atoms with Crippen LogP contribution >= 0.6 is 22.9 Å². The van der Waals surface area contributed by atoms with Gasteiger partial charge < -0.3 is 9.82 Å². The molecule has 0 amide bonds. The van der Waals surface area contributed by atoms with Gasteiger partial charge in [0.1, 0.15) is 0 Å². The Bertz CT molecular complexity index is 637. The molecule has 0 spiro atoms. The Morgan fingerprint density at radius 3 is 2.50 bits per heavy atom. The Hall–Kier alpha value is -1.18. The highest BCUT2D eigenvalue weighted by Crippen LogP contribution is 2.30. The molecule has 1 aromatic carbocycles. The molecular weight excluding hydrogens is 294 g/mol. The highest BCUT2D eigenvalue weighted by Gasteiger charge is 2.10. The Balaban J connectivity index is 2.24. The molecule has 0 radical (unpaired) electrons. The van der Waals surface area contributed by atoms with Gasteiger partial charge in [-0.15, -0.1) is 11.3 Å². The summed E-state index contributed by atoms with van der Waals surface area (Å²) in [7, 11) is -3.75. The van der Waals surface area contributed by atoms with Crippen LogP contribution in [0, 0.1) is 0 Å². The third kappa shape index (κ3) is 2.98. The number of nitrogens with zero attached hydrogens (tertiary/aromatic N) is 3. The van der Waals surface area contributed by atoms with Gasteiger partial charge in [-0.05, 0) is 30.7 Å². The molecule has 2 rings (SSSR count). The Kier molecular flexibility index (Phi) is 3.84. The minimum atomic E-state index is -3.75. The van der Waals surface area contributed by atoms with Crippen LogP contribution in [0.15, 0.2) is 29.2 Å². The van der Waals surface area contributed by atoms with Gasteiger partial charge >= 0.3 is 0 Å². The maximum absolute atomic E-state index is 11.9. The number of benzene rings is 1. The first-order valence-electron chi connectivity index (χ1n) is 5.07. The minimum Gasteiger partial charge on any atom is -0.342 e. The van der Waals surface area contributed by atoms with Crippen molar-refractivity contribution in [3.05, 3.63) is 39.0 Å². The number of aryl methyl sites for hydroxylation is 1. The van der Waals surface area contributed by atoms with Gasteiger partial charge in [-0.1, -0.05) is 18.5 Å². The molecule has 5 nitrogen and oxygen atoms in total. The van der Waals surface area contributed by atoms with Crippen LogP contribution in [0.5, 0.6) is 0 Å². The maximum Gasteiger partial charge on any atom is 0.203 e. The quantitative estimate of drug-likeness (QED) is 0.869. The number of rotatable bonds is 4. The monoisotopic (exact) mass is 302 g/mol. The van der Waals surface area contributed by atoms with Crippen molar-refractivity contribution in [2.45, 2.75) is 18.2 Å². The summed E-state index contributed by atoms with van der Waals surface area (Å²) in [5.41, 5.74) is 0. The summed E-state index contributed by atoms with van der Waals surface area (Å²) >= 11 is 6.86. The minimum absolute atomic E-state index is 0.0835. The molecule has 0 N–H and O–H groups in total. The molecule has 0 saturated carbocycles. The van der Waals surface area contributed by atoms with Gasteiger partial charge in [0.15, 0.2) is 0 Å². The van der Waals surface area contributed by atoms with E-state index in [0.29, 0.717) is 11.4 Å². The Labute approximate surface area is 114 Å². The van der Waals surface area contributed by atoms with Gasteiger partial charge in [0.05, 0.1) is 9.90 Å². The first-order valence-corrected chi connectivity index (χ1v) is 7.70. The van der Waals surface area contributed by atoms with Crippen LogP contribution in [0.25, 0.3) is 4.72 Å². The number of hydrogen-bond donors (Lipinski definition) is 0. The number of aromatic nitrogens is 2. The fourth-order valence-corrected chi connectivity index (χ4v) is 3.10. The summed E-state index contributed by atoms with van der Waals surface area (Å²) in [4.78, 5) is 0.0835. The van der Waals surface area contributed by atoms with Crippen molar-refractivity contribution in [2.75, 3.05) is 0 Å². The molecule has 0 bridgehead atoms. The lowest BCUT2D eigenvalue weighted by molar-refractivity contribution is 0.603. The molecule has 0 unspecified atom stereocenters. The van der Waals surface area contributed by atoms with E-state index in [2.05, 4.69) is 14.9 Å². The smallest absolute Gasteiger partial charge is 0.203 e. The summed E-state index contributed by atoms with van der Waals surface area (Å²) in [6.45, 7) is 1.91. The van der Waals surface area contributed by atoms with Crippen LogP contribution in [0.2, 0.25) is 5.02 Å². The van der Waals surface area contributed by atoms with Gasteiger partial charge in [0, 0.05) is 10.2 Å². The van der Waals surface area contributed by atoms with Crippen molar-refractivity contribution in [1.82, 2.24) is 10.2 Å². The standard InChI is InChI=1S/C10H9ClN3O2S2/c1-2-9-12-13-10(17-9)14-18(15,16)8-5-3-7(11)4-6-8/h3-6H,2H2,1H3/q-1. The van der Waals surface area contributed by atoms with E-state index >= 15 is 0 Å². The van der Waals surface area contributed by atoms with Crippen molar-refractivity contribution in [1.29, 1.82) is 0 Å². The third-order valence-electron chi connectivity index (χ3n) is 2.07. The van der Waals surface area contributed by atoms with Gasteiger partial charge in [-0.25, -0.2) is 8.42 Å². The van der Waals surface area contributed by atoms with E-state index in [1.165, 1.54) is 24.3 Å². The van der Waals surface area contributed by atoms with Crippen LogP contribution in [0.1, 0.15) is 11.9 Å². The molecule has 0 aliphatic heterocycles. The lowest BCUT2D eigenvalue weighted by Crippen LogP contribution is -1.96. The molecule has 8 heteroatoms. The van der Waals surface area contributed by atoms with E-state index in [1.807, 2.05) is 6.92 Å². The molecule has 1 heterocycles. The van der Waals surface area contributed by atoms with Crippen LogP contribution in [-0.2, 0) is 16.4 Å².